The Morgan fingerprint density at radius 3 is 2.57 bits per heavy atom. The molecule has 42 heavy (non-hydrogen) atoms. The first-order valence-electron chi connectivity index (χ1n) is 14.7. The van der Waals surface area contributed by atoms with Crippen LogP contribution in [0.3, 0.4) is 0 Å². The minimum Gasteiger partial charge on any atom is -0.465 e. The Hall–Kier alpha value is -3.67. The molecule has 1 aromatic carbocycles. The number of aromatic nitrogens is 2. The van der Waals surface area contributed by atoms with Gasteiger partial charge in [0.25, 0.3) is 0 Å². The number of rotatable bonds is 5. The molecule has 12 heteroatoms. The molecular weight excluding hydrogens is 558 g/mol. The number of nitrogens with zero attached hydrogens (tertiary/aromatic N) is 5. The maximum atomic E-state index is 13.1. The van der Waals surface area contributed by atoms with Gasteiger partial charge in [-0.25, -0.2) is 14.6 Å². The lowest BCUT2D eigenvalue weighted by Gasteiger charge is -2.27. The van der Waals surface area contributed by atoms with Gasteiger partial charge in [0.05, 0.1) is 35.4 Å². The molecule has 2 aliphatic heterocycles. The molecule has 2 saturated heterocycles. The van der Waals surface area contributed by atoms with Crippen molar-refractivity contribution in [1.82, 2.24) is 14.5 Å². The molecule has 2 atom stereocenters. The summed E-state index contributed by atoms with van der Waals surface area (Å²) < 4.78 is 12.9. The van der Waals surface area contributed by atoms with E-state index in [1.165, 1.54) is 37.7 Å². The number of carbonyl (C=O) groups excluding carboxylic acids is 2. The van der Waals surface area contributed by atoms with Gasteiger partial charge in [0.2, 0.25) is 0 Å². The van der Waals surface area contributed by atoms with Crippen LogP contribution in [0.5, 0.6) is 0 Å². The number of thiophene rings is 1. The fourth-order valence-corrected chi connectivity index (χ4v) is 8.12. The maximum Gasteiger partial charge on any atom is 0.410 e. The van der Waals surface area contributed by atoms with Gasteiger partial charge < -0.3 is 23.8 Å². The highest BCUT2D eigenvalue weighted by Crippen LogP contribution is 2.50. The summed E-state index contributed by atoms with van der Waals surface area (Å²) in [6.45, 7) is 7.10. The van der Waals surface area contributed by atoms with E-state index < -0.39 is 16.5 Å². The van der Waals surface area contributed by atoms with Crippen LogP contribution < -0.4 is 4.90 Å². The van der Waals surface area contributed by atoms with Crippen LogP contribution in [-0.2, 0) is 9.47 Å². The zero-order valence-electron chi connectivity index (χ0n) is 24.5. The number of nitro groups is 1. The molecule has 3 aromatic rings. The predicted molar refractivity (Wildman–Crippen MR) is 160 cm³/mol. The van der Waals surface area contributed by atoms with Crippen LogP contribution in [0, 0.1) is 16.0 Å². The first-order chi connectivity index (χ1) is 20.1. The number of imidazole rings is 1. The zero-order valence-corrected chi connectivity index (χ0v) is 25.3. The average molecular weight is 596 g/mol. The Morgan fingerprint density at radius 1 is 1.12 bits per heavy atom. The Kier molecular flexibility index (Phi) is 7.36. The van der Waals surface area contributed by atoms with Crippen LogP contribution in [0.25, 0.3) is 21.5 Å². The van der Waals surface area contributed by atoms with Crippen molar-refractivity contribution >= 4 is 45.1 Å². The molecular formula is C30H37N5O6S. The smallest absolute Gasteiger partial charge is 0.410 e. The van der Waals surface area contributed by atoms with Crippen molar-refractivity contribution in [1.29, 1.82) is 0 Å². The molecule has 0 N–H and O–H groups in total. The number of carbonyl (C=O) groups is 2. The van der Waals surface area contributed by atoms with E-state index in [1.807, 2.05) is 45.3 Å². The Labute approximate surface area is 248 Å². The van der Waals surface area contributed by atoms with Gasteiger partial charge in [-0.05, 0) is 52.2 Å². The van der Waals surface area contributed by atoms with E-state index in [2.05, 4.69) is 14.5 Å². The maximum absolute atomic E-state index is 13.1. The predicted octanol–water partition coefficient (Wildman–Crippen LogP) is 6.41. The number of anilines is 1. The second-order valence-electron chi connectivity index (χ2n) is 12.6. The van der Waals surface area contributed by atoms with E-state index in [0.29, 0.717) is 41.1 Å². The van der Waals surface area contributed by atoms with Gasteiger partial charge in [-0.1, -0.05) is 25.3 Å². The fraction of sp³-hybridized carbons (Fsp3) is 0.567. The molecule has 0 bridgehead atoms. The van der Waals surface area contributed by atoms with E-state index in [0.717, 1.165) is 30.3 Å². The van der Waals surface area contributed by atoms with Gasteiger partial charge in [0, 0.05) is 37.2 Å². The number of hydrogen-bond acceptors (Lipinski definition) is 9. The zero-order chi connectivity index (χ0) is 29.8. The van der Waals surface area contributed by atoms with Crippen LogP contribution in [0.4, 0.5) is 15.5 Å². The number of benzene rings is 1. The molecule has 1 amide bonds. The first-order valence-corrected chi connectivity index (χ1v) is 15.5. The van der Waals surface area contributed by atoms with Gasteiger partial charge in [-0.3, -0.25) is 10.1 Å². The molecule has 3 aliphatic rings. The third-order valence-electron chi connectivity index (χ3n) is 8.70. The van der Waals surface area contributed by atoms with Crippen molar-refractivity contribution in [2.75, 3.05) is 31.6 Å². The van der Waals surface area contributed by atoms with Crippen molar-refractivity contribution < 1.29 is 24.0 Å². The van der Waals surface area contributed by atoms with Crippen molar-refractivity contribution in [3.63, 3.8) is 0 Å². The van der Waals surface area contributed by atoms with Gasteiger partial charge in [0.15, 0.2) is 5.56 Å². The second kappa shape index (κ2) is 10.9. The largest absolute Gasteiger partial charge is 0.465 e. The van der Waals surface area contributed by atoms with Crippen molar-refractivity contribution in [2.24, 2.45) is 5.92 Å². The van der Waals surface area contributed by atoms with Gasteiger partial charge in [0.1, 0.15) is 15.5 Å². The van der Waals surface area contributed by atoms with Crippen molar-refractivity contribution in [3.05, 3.63) is 40.2 Å². The summed E-state index contributed by atoms with van der Waals surface area (Å²) in [5, 5.41) is 13.0. The van der Waals surface area contributed by atoms with Crippen LogP contribution in [-0.4, -0.2) is 69.8 Å². The van der Waals surface area contributed by atoms with Crippen LogP contribution in [0.2, 0.25) is 0 Å². The molecule has 2 unspecified atom stereocenters. The highest BCUT2D eigenvalue weighted by Gasteiger charge is 2.47. The molecule has 0 radical (unpaired) electrons. The van der Waals surface area contributed by atoms with Crippen LogP contribution in [0.1, 0.15) is 75.7 Å². The normalized spacial score (nSPS) is 21.1. The quantitative estimate of drug-likeness (QED) is 0.189. The molecule has 11 nitrogen and oxygen atoms in total. The Balaban J connectivity index is 1.37. The summed E-state index contributed by atoms with van der Waals surface area (Å²) in [6, 6.07) is 6.08. The van der Waals surface area contributed by atoms with Gasteiger partial charge in [-0.2, -0.15) is 0 Å². The van der Waals surface area contributed by atoms with E-state index in [1.54, 1.807) is 4.90 Å². The van der Waals surface area contributed by atoms with Crippen molar-refractivity contribution in [3.8, 4) is 10.4 Å². The summed E-state index contributed by atoms with van der Waals surface area (Å²) in [5.41, 5.74) is 1.52. The average Bonchev–Trinajstić information content (AvgIpc) is 3.73. The number of esters is 1. The number of hydrogen-bond donors (Lipinski definition) is 0. The number of methoxy groups -OCH3 is 1. The highest BCUT2D eigenvalue weighted by atomic mass is 32.1. The molecule has 1 aliphatic carbocycles. The summed E-state index contributed by atoms with van der Waals surface area (Å²) in [5.74, 6) is -0.569. The molecule has 0 spiro atoms. The van der Waals surface area contributed by atoms with Crippen LogP contribution in [0.15, 0.2) is 24.5 Å². The summed E-state index contributed by atoms with van der Waals surface area (Å²) in [4.78, 5) is 46.8. The van der Waals surface area contributed by atoms with E-state index >= 15 is 0 Å². The number of ether oxygens (including phenoxy) is 2. The third kappa shape index (κ3) is 5.10. The van der Waals surface area contributed by atoms with Crippen molar-refractivity contribution in [2.45, 2.75) is 77.0 Å². The third-order valence-corrected chi connectivity index (χ3v) is 9.97. The minimum atomic E-state index is -0.743. The van der Waals surface area contributed by atoms with E-state index in [-0.39, 0.29) is 29.3 Å². The molecule has 2 aromatic heterocycles. The lowest BCUT2D eigenvalue weighted by molar-refractivity contribution is -0.384. The fourth-order valence-electron chi connectivity index (χ4n) is 6.78. The molecule has 224 valence electrons. The Morgan fingerprint density at radius 2 is 1.88 bits per heavy atom. The van der Waals surface area contributed by atoms with E-state index in [4.69, 9.17) is 9.47 Å². The van der Waals surface area contributed by atoms with Crippen LogP contribution >= 0.6 is 11.3 Å². The molecule has 6 rings (SSSR count). The van der Waals surface area contributed by atoms with Gasteiger partial charge >= 0.3 is 17.7 Å². The standard InChI is InChI=1S/C30H37N5O6S/c1-30(2,3)41-29(37)32-15-19-12-13-33(23(19)16-32)27-24(28(36)40-4)25(35(38)39)26(42-27)18-10-11-22-21(14-18)31-17-34(22)20-8-6-5-7-9-20/h10-11,14,17,19-20,23H,5-9,12-13,15-16H2,1-4H3. The molecule has 3 fully saturated rings. The minimum absolute atomic E-state index is 0.0355. The monoisotopic (exact) mass is 595 g/mol. The summed E-state index contributed by atoms with van der Waals surface area (Å²) >= 11 is 1.23. The Bertz CT molecular complexity index is 1530. The van der Waals surface area contributed by atoms with Gasteiger partial charge in [-0.15, -0.1) is 11.3 Å². The highest BCUT2D eigenvalue weighted by molar-refractivity contribution is 7.20. The second-order valence-corrected chi connectivity index (χ2v) is 13.5. The summed E-state index contributed by atoms with van der Waals surface area (Å²) in [6.07, 6.45) is 8.22. The number of amides is 1. The number of fused-ring (bicyclic) bond motifs is 2. The lowest BCUT2D eigenvalue weighted by atomic mass is 9.95. The first kappa shape index (κ1) is 28.4. The summed E-state index contributed by atoms with van der Waals surface area (Å²) in [7, 11) is 1.24. The topological polar surface area (TPSA) is 120 Å². The molecule has 1 saturated carbocycles. The van der Waals surface area contributed by atoms with E-state index in [9.17, 15) is 19.7 Å². The SMILES string of the molecule is COC(=O)c1c(N2CCC3CN(C(=O)OC(C)(C)C)CC32)sc(-c2ccc3c(c2)ncn3C2CCCCC2)c1[N+](=O)[O-]. The lowest BCUT2D eigenvalue weighted by Crippen LogP contribution is -2.39. The molecule has 4 heterocycles. The number of likely N-dealkylation sites (tertiary alicyclic amines) is 1.